The van der Waals surface area contributed by atoms with Crippen molar-refractivity contribution in [3.8, 4) is 0 Å². The number of rotatable bonds is 7. The van der Waals surface area contributed by atoms with Gasteiger partial charge >= 0.3 is 12.0 Å². The number of carbonyl (C=O) groups excluding carboxylic acids is 1. The number of amides is 2. The topological polar surface area (TPSA) is 89.9 Å². The standard InChI is InChI=1S/C14H20N2O4/c1-2-16(9-6-10-17)14(20)15-12(13(18)19)11-7-4-3-5-8-11/h3-5,7-8,12,17H,2,6,9-10H2,1H3,(H,15,20)(H,18,19)/t12-/m0/s1. The second-order valence-corrected chi connectivity index (χ2v) is 4.29. The van der Waals surface area contributed by atoms with Crippen LogP contribution in [0.25, 0.3) is 0 Å². The number of carboxylic acids is 1. The fourth-order valence-corrected chi connectivity index (χ4v) is 1.81. The van der Waals surface area contributed by atoms with Gasteiger partial charge in [-0.15, -0.1) is 0 Å². The average molecular weight is 280 g/mol. The number of hydrogen-bond donors (Lipinski definition) is 3. The van der Waals surface area contributed by atoms with Gasteiger partial charge < -0.3 is 20.4 Å². The SMILES string of the molecule is CCN(CCCO)C(=O)N[C@H](C(=O)O)c1ccccc1. The summed E-state index contributed by atoms with van der Waals surface area (Å²) in [6.45, 7) is 2.63. The van der Waals surface area contributed by atoms with Crippen molar-refractivity contribution in [3.05, 3.63) is 35.9 Å². The molecule has 0 saturated heterocycles. The highest BCUT2D eigenvalue weighted by Crippen LogP contribution is 2.13. The average Bonchev–Trinajstić information content (AvgIpc) is 2.46. The van der Waals surface area contributed by atoms with Crippen LogP contribution in [0.5, 0.6) is 0 Å². The number of aliphatic carboxylic acids is 1. The Morgan fingerprint density at radius 3 is 2.45 bits per heavy atom. The van der Waals surface area contributed by atoms with Crippen LogP contribution in [0, 0.1) is 0 Å². The molecule has 1 atom stereocenters. The predicted octanol–water partition coefficient (Wildman–Crippen LogP) is 1.23. The molecule has 0 spiro atoms. The summed E-state index contributed by atoms with van der Waals surface area (Å²) in [7, 11) is 0. The molecule has 1 rings (SSSR count). The van der Waals surface area contributed by atoms with Crippen LogP contribution in [0.15, 0.2) is 30.3 Å². The Bertz CT molecular complexity index is 436. The van der Waals surface area contributed by atoms with E-state index in [2.05, 4.69) is 5.32 Å². The zero-order valence-corrected chi connectivity index (χ0v) is 11.5. The smallest absolute Gasteiger partial charge is 0.330 e. The van der Waals surface area contributed by atoms with E-state index in [-0.39, 0.29) is 6.61 Å². The number of aliphatic hydroxyl groups is 1. The van der Waals surface area contributed by atoms with Crippen LogP contribution in [0.1, 0.15) is 24.9 Å². The van der Waals surface area contributed by atoms with Crippen LogP contribution < -0.4 is 5.32 Å². The van der Waals surface area contributed by atoms with Crippen LogP contribution >= 0.6 is 0 Å². The maximum absolute atomic E-state index is 12.0. The first kappa shape index (κ1) is 16.0. The van der Waals surface area contributed by atoms with Crippen molar-refractivity contribution in [2.24, 2.45) is 0 Å². The Hall–Kier alpha value is -2.08. The number of benzene rings is 1. The lowest BCUT2D eigenvalue weighted by atomic mass is 10.1. The van der Waals surface area contributed by atoms with E-state index >= 15 is 0 Å². The minimum absolute atomic E-state index is 0.00910. The first-order valence-corrected chi connectivity index (χ1v) is 6.54. The largest absolute Gasteiger partial charge is 0.479 e. The number of hydrogen-bond acceptors (Lipinski definition) is 3. The Kier molecular flexibility index (Phi) is 6.52. The van der Waals surface area contributed by atoms with Gasteiger partial charge in [0.25, 0.3) is 0 Å². The lowest BCUT2D eigenvalue weighted by molar-refractivity contribution is -0.139. The van der Waals surface area contributed by atoms with E-state index in [0.29, 0.717) is 25.1 Å². The quantitative estimate of drug-likeness (QED) is 0.700. The van der Waals surface area contributed by atoms with E-state index in [0.717, 1.165) is 0 Å². The maximum atomic E-state index is 12.0. The van der Waals surface area contributed by atoms with Gasteiger partial charge in [0.05, 0.1) is 0 Å². The number of aliphatic hydroxyl groups excluding tert-OH is 1. The van der Waals surface area contributed by atoms with Crippen molar-refractivity contribution in [2.45, 2.75) is 19.4 Å². The van der Waals surface area contributed by atoms with Crippen molar-refractivity contribution >= 4 is 12.0 Å². The highest BCUT2D eigenvalue weighted by Gasteiger charge is 2.23. The molecule has 110 valence electrons. The molecule has 3 N–H and O–H groups in total. The third-order valence-electron chi connectivity index (χ3n) is 2.90. The Labute approximate surface area is 118 Å². The lowest BCUT2D eigenvalue weighted by Crippen LogP contribution is -2.44. The van der Waals surface area contributed by atoms with Gasteiger partial charge in [-0.3, -0.25) is 0 Å². The van der Waals surface area contributed by atoms with Gasteiger partial charge in [-0.25, -0.2) is 9.59 Å². The summed E-state index contributed by atoms with van der Waals surface area (Å²) in [4.78, 5) is 24.8. The molecule has 0 heterocycles. The van der Waals surface area contributed by atoms with Crippen LogP contribution in [-0.2, 0) is 4.79 Å². The van der Waals surface area contributed by atoms with E-state index in [1.807, 2.05) is 0 Å². The summed E-state index contributed by atoms with van der Waals surface area (Å²) in [5, 5.41) is 20.5. The number of nitrogens with zero attached hydrogens (tertiary/aromatic N) is 1. The summed E-state index contributed by atoms with van der Waals surface area (Å²) in [5.74, 6) is -1.11. The second kappa shape index (κ2) is 8.16. The molecule has 0 fully saturated rings. The van der Waals surface area contributed by atoms with Gasteiger partial charge in [0.2, 0.25) is 0 Å². The zero-order valence-electron chi connectivity index (χ0n) is 11.5. The maximum Gasteiger partial charge on any atom is 0.330 e. The van der Waals surface area contributed by atoms with Crippen molar-refractivity contribution in [1.29, 1.82) is 0 Å². The fraction of sp³-hybridized carbons (Fsp3) is 0.429. The Morgan fingerprint density at radius 2 is 1.95 bits per heavy atom. The van der Waals surface area contributed by atoms with Crippen LogP contribution in [-0.4, -0.2) is 46.8 Å². The summed E-state index contributed by atoms with van der Waals surface area (Å²) in [5.41, 5.74) is 0.520. The van der Waals surface area contributed by atoms with Crippen molar-refractivity contribution < 1.29 is 19.8 Å². The minimum atomic E-state index is -1.11. The predicted molar refractivity (Wildman–Crippen MR) is 74.3 cm³/mol. The molecule has 0 aromatic heterocycles. The molecular weight excluding hydrogens is 260 g/mol. The molecule has 1 aromatic rings. The van der Waals surface area contributed by atoms with E-state index in [1.54, 1.807) is 37.3 Å². The van der Waals surface area contributed by atoms with Crippen LogP contribution in [0.4, 0.5) is 4.79 Å². The van der Waals surface area contributed by atoms with E-state index in [1.165, 1.54) is 4.90 Å². The van der Waals surface area contributed by atoms with E-state index in [4.69, 9.17) is 5.11 Å². The molecule has 0 radical (unpaired) electrons. The van der Waals surface area contributed by atoms with Crippen LogP contribution in [0.3, 0.4) is 0 Å². The number of urea groups is 1. The first-order chi connectivity index (χ1) is 9.60. The molecule has 0 saturated carbocycles. The zero-order chi connectivity index (χ0) is 15.0. The van der Waals surface area contributed by atoms with Gasteiger partial charge in [0.1, 0.15) is 0 Å². The lowest BCUT2D eigenvalue weighted by Gasteiger charge is -2.23. The van der Waals surface area contributed by atoms with Crippen molar-refractivity contribution in [3.63, 3.8) is 0 Å². The molecule has 6 nitrogen and oxygen atoms in total. The highest BCUT2D eigenvalue weighted by molar-refractivity contribution is 5.83. The van der Waals surface area contributed by atoms with Gasteiger partial charge in [-0.2, -0.15) is 0 Å². The normalized spacial score (nSPS) is 11.7. The molecular formula is C14H20N2O4. The molecule has 0 unspecified atom stereocenters. The molecule has 20 heavy (non-hydrogen) atoms. The first-order valence-electron chi connectivity index (χ1n) is 6.54. The molecule has 0 aliphatic carbocycles. The summed E-state index contributed by atoms with van der Waals surface area (Å²) in [6, 6.07) is 7.02. The van der Waals surface area contributed by atoms with E-state index < -0.39 is 18.0 Å². The van der Waals surface area contributed by atoms with E-state index in [9.17, 15) is 14.7 Å². The molecule has 0 aliphatic rings. The summed E-state index contributed by atoms with van der Waals surface area (Å²) >= 11 is 0. The molecule has 0 aliphatic heterocycles. The summed E-state index contributed by atoms with van der Waals surface area (Å²) in [6.07, 6.45) is 0.463. The van der Waals surface area contributed by atoms with Gasteiger partial charge in [0, 0.05) is 19.7 Å². The molecule has 6 heteroatoms. The minimum Gasteiger partial charge on any atom is -0.479 e. The summed E-state index contributed by atoms with van der Waals surface area (Å²) < 4.78 is 0. The number of nitrogens with one attached hydrogen (secondary N) is 1. The van der Waals surface area contributed by atoms with Gasteiger partial charge in [-0.05, 0) is 18.9 Å². The van der Waals surface area contributed by atoms with Crippen molar-refractivity contribution in [2.75, 3.05) is 19.7 Å². The van der Waals surface area contributed by atoms with Gasteiger partial charge in [-0.1, -0.05) is 30.3 Å². The Balaban J connectivity index is 2.75. The molecule has 2 amide bonds. The fourth-order valence-electron chi connectivity index (χ4n) is 1.81. The molecule has 0 bridgehead atoms. The van der Waals surface area contributed by atoms with Gasteiger partial charge in [0.15, 0.2) is 6.04 Å². The second-order valence-electron chi connectivity index (χ2n) is 4.29. The monoisotopic (exact) mass is 280 g/mol. The Morgan fingerprint density at radius 1 is 1.30 bits per heavy atom. The van der Waals surface area contributed by atoms with Crippen molar-refractivity contribution in [1.82, 2.24) is 10.2 Å². The third-order valence-corrected chi connectivity index (χ3v) is 2.90. The number of carbonyl (C=O) groups is 2. The third kappa shape index (κ3) is 4.55. The highest BCUT2D eigenvalue weighted by atomic mass is 16.4. The van der Waals surface area contributed by atoms with Crippen LogP contribution in [0.2, 0.25) is 0 Å². The number of carboxylic acid groups (broad SMARTS) is 1. The molecule has 1 aromatic carbocycles.